The number of nitrogens with one attached hydrogen (secondary N) is 2. The fourth-order valence-electron chi connectivity index (χ4n) is 2.95. The Morgan fingerprint density at radius 3 is 2.92 bits per heavy atom. The van der Waals surface area contributed by atoms with E-state index in [-0.39, 0.29) is 12.0 Å². The molecule has 2 aromatic rings. The first kappa shape index (κ1) is 17.7. The van der Waals surface area contributed by atoms with Gasteiger partial charge in [-0.15, -0.1) is 0 Å². The van der Waals surface area contributed by atoms with Gasteiger partial charge in [0.1, 0.15) is 11.9 Å². The van der Waals surface area contributed by atoms with Crippen LogP contribution in [0.25, 0.3) is 11.0 Å². The zero-order chi connectivity index (χ0) is 18.0. The predicted molar refractivity (Wildman–Crippen MR) is 94.9 cm³/mol. The molecule has 1 aliphatic heterocycles. The minimum absolute atomic E-state index is 0.0732. The largest absolute Gasteiger partial charge is 0.368 e. The summed E-state index contributed by atoms with van der Waals surface area (Å²) in [6, 6.07) is 5.23. The number of carbonyl (C=O) groups excluding carboxylic acids is 1. The van der Waals surface area contributed by atoms with Crippen LogP contribution in [0.5, 0.6) is 0 Å². The van der Waals surface area contributed by atoms with Crippen molar-refractivity contribution < 1.29 is 17.9 Å². The molecular weight excluding hydrogens is 344 g/mol. The third kappa shape index (κ3) is 4.29. The van der Waals surface area contributed by atoms with E-state index >= 15 is 0 Å². The Kier molecular flexibility index (Phi) is 4.96. The zero-order valence-electron chi connectivity index (χ0n) is 14.3. The molecular formula is C16H22N4O4S. The second-order valence-electron chi connectivity index (χ2n) is 6.21. The molecule has 9 heteroatoms. The van der Waals surface area contributed by atoms with Crippen molar-refractivity contribution in [1.29, 1.82) is 0 Å². The van der Waals surface area contributed by atoms with Crippen molar-refractivity contribution in [3.63, 3.8) is 0 Å². The van der Waals surface area contributed by atoms with Gasteiger partial charge in [-0.2, -0.15) is 0 Å². The summed E-state index contributed by atoms with van der Waals surface area (Å²) in [5.74, 6) is 0.745. The van der Waals surface area contributed by atoms with Crippen LogP contribution in [0.3, 0.4) is 0 Å². The van der Waals surface area contributed by atoms with Gasteiger partial charge in [0.05, 0.1) is 23.0 Å². The van der Waals surface area contributed by atoms with E-state index in [1.165, 1.54) is 0 Å². The molecule has 25 heavy (non-hydrogen) atoms. The summed E-state index contributed by atoms with van der Waals surface area (Å²) >= 11 is 0. The molecule has 0 saturated carbocycles. The molecule has 0 spiro atoms. The van der Waals surface area contributed by atoms with Crippen LogP contribution in [0.2, 0.25) is 0 Å². The molecule has 0 unspecified atom stereocenters. The average molecular weight is 366 g/mol. The van der Waals surface area contributed by atoms with Crippen LogP contribution in [-0.2, 0) is 33.0 Å². The second-order valence-corrected chi connectivity index (χ2v) is 7.96. The number of nitrogens with zero attached hydrogens (tertiary/aromatic N) is 2. The van der Waals surface area contributed by atoms with Crippen molar-refractivity contribution >= 4 is 32.7 Å². The molecule has 1 amide bonds. The fraction of sp³-hybridized carbons (Fsp3) is 0.500. The Labute approximate surface area is 146 Å². The number of sulfonamides is 1. The predicted octanol–water partition coefficient (Wildman–Crippen LogP) is 0.783. The van der Waals surface area contributed by atoms with E-state index in [1.54, 1.807) is 12.1 Å². The quantitative estimate of drug-likeness (QED) is 0.787. The maximum absolute atomic E-state index is 11.9. The number of carbonyl (C=O) groups is 1. The fourth-order valence-corrected chi connectivity index (χ4v) is 3.50. The molecule has 1 atom stereocenters. The minimum atomic E-state index is -3.32. The number of fused-ring (bicyclic) bond motifs is 1. The highest BCUT2D eigenvalue weighted by Crippen LogP contribution is 2.20. The Morgan fingerprint density at radius 1 is 1.44 bits per heavy atom. The summed E-state index contributed by atoms with van der Waals surface area (Å²) in [7, 11) is -1.43. The third-order valence-electron chi connectivity index (χ3n) is 4.15. The normalized spacial score (nSPS) is 17.8. The molecule has 2 heterocycles. The van der Waals surface area contributed by atoms with Gasteiger partial charge in [0.15, 0.2) is 0 Å². The number of hydrogen-bond acceptors (Lipinski definition) is 5. The molecule has 1 aliphatic rings. The van der Waals surface area contributed by atoms with E-state index < -0.39 is 10.0 Å². The Hall–Kier alpha value is -2.13. The van der Waals surface area contributed by atoms with Gasteiger partial charge in [-0.1, -0.05) is 0 Å². The van der Waals surface area contributed by atoms with E-state index in [0.717, 1.165) is 30.4 Å². The first-order valence-electron chi connectivity index (χ1n) is 8.16. The van der Waals surface area contributed by atoms with Crippen molar-refractivity contribution in [1.82, 2.24) is 14.9 Å². The molecule has 1 aromatic carbocycles. The van der Waals surface area contributed by atoms with E-state index in [9.17, 15) is 13.2 Å². The highest BCUT2D eigenvalue weighted by atomic mass is 32.2. The molecule has 0 aliphatic carbocycles. The number of benzene rings is 1. The van der Waals surface area contributed by atoms with Gasteiger partial charge in [-0.05, 0) is 31.0 Å². The molecule has 0 bridgehead atoms. The Balaban J connectivity index is 1.67. The summed E-state index contributed by atoms with van der Waals surface area (Å²) in [5.41, 5.74) is 2.09. The summed E-state index contributed by atoms with van der Waals surface area (Å²) in [6.45, 7) is 1.12. The Morgan fingerprint density at radius 2 is 2.24 bits per heavy atom. The van der Waals surface area contributed by atoms with Gasteiger partial charge in [0, 0.05) is 26.6 Å². The van der Waals surface area contributed by atoms with Crippen molar-refractivity contribution in [2.24, 2.45) is 7.05 Å². The lowest BCUT2D eigenvalue weighted by atomic mass is 10.2. The smallest absolute Gasteiger partial charge is 0.249 e. The highest BCUT2D eigenvalue weighted by Gasteiger charge is 2.23. The SMILES string of the molecule is Cn1c(CCNC(=O)[C@H]2CCCO2)nc2cc(NS(C)(=O)=O)ccc21. The van der Waals surface area contributed by atoms with E-state index in [1.807, 2.05) is 17.7 Å². The van der Waals surface area contributed by atoms with Crippen LogP contribution >= 0.6 is 0 Å². The molecule has 2 N–H and O–H groups in total. The van der Waals surface area contributed by atoms with Gasteiger partial charge < -0.3 is 14.6 Å². The Bertz CT molecular complexity index is 885. The molecule has 3 rings (SSSR count). The second kappa shape index (κ2) is 7.01. The number of rotatable bonds is 6. The van der Waals surface area contributed by atoms with Crippen molar-refractivity contribution in [2.75, 3.05) is 24.1 Å². The monoisotopic (exact) mass is 366 g/mol. The zero-order valence-corrected chi connectivity index (χ0v) is 15.1. The molecule has 1 saturated heterocycles. The van der Waals surface area contributed by atoms with Gasteiger partial charge in [-0.3, -0.25) is 9.52 Å². The van der Waals surface area contributed by atoms with Crippen LogP contribution in [0.4, 0.5) is 5.69 Å². The number of imidazole rings is 1. The van der Waals surface area contributed by atoms with Crippen LogP contribution in [-0.4, -0.2) is 49.4 Å². The summed E-state index contributed by atoms with van der Waals surface area (Å²) in [4.78, 5) is 16.5. The van der Waals surface area contributed by atoms with Crippen LogP contribution in [0.15, 0.2) is 18.2 Å². The number of amides is 1. The first-order chi connectivity index (χ1) is 11.8. The van der Waals surface area contributed by atoms with Gasteiger partial charge in [-0.25, -0.2) is 13.4 Å². The maximum atomic E-state index is 11.9. The average Bonchev–Trinajstić information content (AvgIpc) is 3.15. The number of aryl methyl sites for hydroxylation is 1. The van der Waals surface area contributed by atoms with Crippen LogP contribution < -0.4 is 10.0 Å². The van der Waals surface area contributed by atoms with Gasteiger partial charge >= 0.3 is 0 Å². The molecule has 136 valence electrons. The summed E-state index contributed by atoms with van der Waals surface area (Å²) in [6.07, 6.45) is 3.06. The van der Waals surface area contributed by atoms with Crippen molar-refractivity contribution in [3.8, 4) is 0 Å². The lowest BCUT2D eigenvalue weighted by Crippen LogP contribution is -2.35. The maximum Gasteiger partial charge on any atom is 0.249 e. The molecule has 0 radical (unpaired) electrons. The van der Waals surface area contributed by atoms with E-state index in [2.05, 4.69) is 15.0 Å². The van der Waals surface area contributed by atoms with E-state index in [0.29, 0.717) is 30.8 Å². The standard InChI is InChI=1S/C16H22N4O4S/c1-20-13-6-5-11(19-25(2,22)23)10-12(13)18-15(20)7-8-17-16(21)14-4-3-9-24-14/h5-6,10,14,19H,3-4,7-9H2,1-2H3,(H,17,21)/t14-/m1/s1. The van der Waals surface area contributed by atoms with Crippen LogP contribution in [0, 0.1) is 0 Å². The minimum Gasteiger partial charge on any atom is -0.368 e. The lowest BCUT2D eigenvalue weighted by Gasteiger charge is -2.10. The van der Waals surface area contributed by atoms with Crippen molar-refractivity contribution in [2.45, 2.75) is 25.4 Å². The van der Waals surface area contributed by atoms with Crippen LogP contribution in [0.1, 0.15) is 18.7 Å². The highest BCUT2D eigenvalue weighted by molar-refractivity contribution is 7.92. The number of hydrogen-bond donors (Lipinski definition) is 2. The first-order valence-corrected chi connectivity index (χ1v) is 10.0. The molecule has 1 aromatic heterocycles. The topological polar surface area (TPSA) is 102 Å². The van der Waals surface area contributed by atoms with E-state index in [4.69, 9.17) is 4.74 Å². The summed E-state index contributed by atoms with van der Waals surface area (Å²) < 4.78 is 32.4. The lowest BCUT2D eigenvalue weighted by molar-refractivity contribution is -0.130. The number of aromatic nitrogens is 2. The van der Waals surface area contributed by atoms with Gasteiger partial charge in [0.2, 0.25) is 15.9 Å². The third-order valence-corrected chi connectivity index (χ3v) is 4.75. The number of anilines is 1. The van der Waals surface area contributed by atoms with Crippen molar-refractivity contribution in [3.05, 3.63) is 24.0 Å². The van der Waals surface area contributed by atoms with Gasteiger partial charge in [0.25, 0.3) is 0 Å². The summed E-state index contributed by atoms with van der Waals surface area (Å²) in [5, 5.41) is 2.88. The molecule has 1 fully saturated rings. The molecule has 8 nitrogen and oxygen atoms in total. The number of ether oxygens (including phenoxy) is 1.